The average molecular weight is 200 g/mol. The van der Waals surface area contributed by atoms with Gasteiger partial charge in [0, 0.05) is 6.54 Å². The third-order valence-corrected chi connectivity index (χ3v) is 2.89. The topological polar surface area (TPSA) is 44.3 Å². The molecule has 14 heavy (non-hydrogen) atoms. The molecule has 1 aliphatic rings. The van der Waals surface area contributed by atoms with Crippen LogP contribution < -0.4 is 10.6 Å². The zero-order chi connectivity index (χ0) is 10.2. The molecule has 3 heteroatoms. The molecular weight excluding hydrogens is 176 g/mol. The molecule has 0 aliphatic carbocycles. The zero-order valence-corrected chi connectivity index (χ0v) is 9.26. The van der Waals surface area contributed by atoms with E-state index in [0.29, 0.717) is 0 Å². The SMILES string of the molecule is CCCC(O)CNCC1CCNCC1. The third-order valence-electron chi connectivity index (χ3n) is 2.89. The fraction of sp³-hybridized carbons (Fsp3) is 1.00. The van der Waals surface area contributed by atoms with Crippen molar-refractivity contribution in [2.45, 2.75) is 38.7 Å². The lowest BCUT2D eigenvalue weighted by Gasteiger charge is -2.23. The monoisotopic (exact) mass is 200 g/mol. The van der Waals surface area contributed by atoms with E-state index in [1.54, 1.807) is 0 Å². The fourth-order valence-electron chi connectivity index (χ4n) is 1.98. The molecule has 0 bridgehead atoms. The molecule has 1 atom stereocenters. The second kappa shape index (κ2) is 7.21. The largest absolute Gasteiger partial charge is 0.392 e. The van der Waals surface area contributed by atoms with E-state index in [-0.39, 0.29) is 6.10 Å². The van der Waals surface area contributed by atoms with Crippen LogP contribution in [0.5, 0.6) is 0 Å². The van der Waals surface area contributed by atoms with Gasteiger partial charge < -0.3 is 15.7 Å². The Morgan fingerprint density at radius 2 is 2.14 bits per heavy atom. The van der Waals surface area contributed by atoms with E-state index in [1.165, 1.54) is 12.8 Å². The minimum Gasteiger partial charge on any atom is -0.392 e. The minimum atomic E-state index is -0.151. The lowest BCUT2D eigenvalue weighted by Crippen LogP contribution is -2.36. The first-order valence-corrected chi connectivity index (χ1v) is 5.92. The van der Waals surface area contributed by atoms with Crippen molar-refractivity contribution in [3.63, 3.8) is 0 Å². The van der Waals surface area contributed by atoms with Gasteiger partial charge in [0.25, 0.3) is 0 Å². The van der Waals surface area contributed by atoms with E-state index >= 15 is 0 Å². The highest BCUT2D eigenvalue weighted by molar-refractivity contribution is 4.71. The zero-order valence-electron chi connectivity index (χ0n) is 9.26. The average Bonchev–Trinajstić information content (AvgIpc) is 2.20. The highest BCUT2D eigenvalue weighted by Crippen LogP contribution is 2.09. The maximum atomic E-state index is 9.50. The molecule has 1 rings (SSSR count). The van der Waals surface area contributed by atoms with Crippen molar-refractivity contribution in [2.24, 2.45) is 5.92 Å². The normalized spacial score (nSPS) is 21.0. The van der Waals surface area contributed by atoms with Crippen LogP contribution in [0.15, 0.2) is 0 Å². The van der Waals surface area contributed by atoms with Gasteiger partial charge in [0.05, 0.1) is 6.10 Å². The molecule has 3 N–H and O–H groups in total. The first-order valence-electron chi connectivity index (χ1n) is 5.92. The molecule has 3 nitrogen and oxygen atoms in total. The van der Waals surface area contributed by atoms with Gasteiger partial charge in [-0.2, -0.15) is 0 Å². The van der Waals surface area contributed by atoms with Gasteiger partial charge in [0.15, 0.2) is 0 Å². The summed E-state index contributed by atoms with van der Waals surface area (Å²) in [6.45, 7) is 6.25. The second-order valence-corrected chi connectivity index (χ2v) is 4.29. The van der Waals surface area contributed by atoms with Crippen LogP contribution in [-0.2, 0) is 0 Å². The molecular formula is C11H24N2O. The summed E-state index contributed by atoms with van der Waals surface area (Å²) >= 11 is 0. The summed E-state index contributed by atoms with van der Waals surface area (Å²) in [6.07, 6.45) is 4.38. The Labute approximate surface area is 87.3 Å². The number of aliphatic hydroxyl groups excluding tert-OH is 1. The van der Waals surface area contributed by atoms with Crippen LogP contribution in [-0.4, -0.2) is 37.4 Å². The number of hydrogen-bond acceptors (Lipinski definition) is 3. The van der Waals surface area contributed by atoms with Crippen molar-refractivity contribution >= 4 is 0 Å². The Morgan fingerprint density at radius 3 is 2.79 bits per heavy atom. The van der Waals surface area contributed by atoms with Crippen molar-refractivity contribution in [1.29, 1.82) is 0 Å². The molecule has 0 saturated carbocycles. The summed E-state index contributed by atoms with van der Waals surface area (Å²) in [4.78, 5) is 0. The predicted octanol–water partition coefficient (Wildman–Crippen LogP) is 0.737. The number of aliphatic hydroxyl groups is 1. The predicted molar refractivity (Wildman–Crippen MR) is 59.4 cm³/mol. The summed E-state index contributed by atoms with van der Waals surface area (Å²) in [5.74, 6) is 0.810. The Hall–Kier alpha value is -0.120. The van der Waals surface area contributed by atoms with Gasteiger partial charge in [0.2, 0.25) is 0 Å². The van der Waals surface area contributed by atoms with E-state index in [0.717, 1.165) is 44.9 Å². The molecule has 1 fully saturated rings. The number of nitrogens with one attached hydrogen (secondary N) is 2. The molecule has 0 radical (unpaired) electrons. The minimum absolute atomic E-state index is 0.151. The van der Waals surface area contributed by atoms with Gasteiger partial charge in [-0.1, -0.05) is 13.3 Å². The molecule has 0 aromatic carbocycles. The Balaban J connectivity index is 1.96. The van der Waals surface area contributed by atoms with E-state index in [2.05, 4.69) is 17.6 Å². The first kappa shape index (κ1) is 12.0. The molecule has 0 spiro atoms. The van der Waals surface area contributed by atoms with E-state index in [9.17, 15) is 5.11 Å². The van der Waals surface area contributed by atoms with Crippen LogP contribution in [0.1, 0.15) is 32.6 Å². The summed E-state index contributed by atoms with van der Waals surface area (Å²) < 4.78 is 0. The lowest BCUT2D eigenvalue weighted by molar-refractivity contribution is 0.158. The van der Waals surface area contributed by atoms with Crippen LogP contribution in [0.25, 0.3) is 0 Å². The first-order chi connectivity index (χ1) is 6.83. The Bertz CT molecular complexity index is 135. The van der Waals surface area contributed by atoms with Crippen LogP contribution in [0.2, 0.25) is 0 Å². The smallest absolute Gasteiger partial charge is 0.0664 e. The van der Waals surface area contributed by atoms with Crippen molar-refractivity contribution < 1.29 is 5.11 Å². The quantitative estimate of drug-likeness (QED) is 0.592. The summed E-state index contributed by atoms with van der Waals surface area (Å²) in [5, 5.41) is 16.2. The lowest BCUT2D eigenvalue weighted by atomic mass is 9.98. The van der Waals surface area contributed by atoms with Gasteiger partial charge in [-0.15, -0.1) is 0 Å². The van der Waals surface area contributed by atoms with E-state index in [1.807, 2.05) is 0 Å². The molecule has 1 aliphatic heterocycles. The van der Waals surface area contributed by atoms with Gasteiger partial charge in [-0.05, 0) is 44.8 Å². The molecule has 0 aromatic heterocycles. The number of hydrogen-bond donors (Lipinski definition) is 3. The van der Waals surface area contributed by atoms with Gasteiger partial charge in [-0.25, -0.2) is 0 Å². The molecule has 1 heterocycles. The molecule has 0 aromatic rings. The maximum Gasteiger partial charge on any atom is 0.0664 e. The molecule has 0 amide bonds. The van der Waals surface area contributed by atoms with Crippen molar-refractivity contribution in [2.75, 3.05) is 26.2 Å². The van der Waals surface area contributed by atoms with Crippen LogP contribution in [0.4, 0.5) is 0 Å². The van der Waals surface area contributed by atoms with Crippen molar-refractivity contribution in [3.8, 4) is 0 Å². The van der Waals surface area contributed by atoms with Gasteiger partial charge in [0.1, 0.15) is 0 Å². The summed E-state index contributed by atoms with van der Waals surface area (Å²) in [6, 6.07) is 0. The van der Waals surface area contributed by atoms with Crippen LogP contribution in [0.3, 0.4) is 0 Å². The standard InChI is InChI=1S/C11H24N2O/c1-2-3-11(14)9-13-8-10-4-6-12-7-5-10/h10-14H,2-9H2,1H3. The Kier molecular flexibility index (Phi) is 6.15. The second-order valence-electron chi connectivity index (χ2n) is 4.29. The third kappa shape index (κ3) is 4.94. The Morgan fingerprint density at radius 1 is 1.43 bits per heavy atom. The fourth-order valence-corrected chi connectivity index (χ4v) is 1.98. The number of rotatable bonds is 6. The number of piperidine rings is 1. The van der Waals surface area contributed by atoms with Gasteiger partial charge in [-0.3, -0.25) is 0 Å². The van der Waals surface area contributed by atoms with Crippen LogP contribution >= 0.6 is 0 Å². The molecule has 1 unspecified atom stereocenters. The highest BCUT2D eigenvalue weighted by atomic mass is 16.3. The molecule has 84 valence electrons. The van der Waals surface area contributed by atoms with Crippen LogP contribution in [0, 0.1) is 5.92 Å². The van der Waals surface area contributed by atoms with Crippen molar-refractivity contribution in [1.82, 2.24) is 10.6 Å². The molecule has 1 saturated heterocycles. The summed E-state index contributed by atoms with van der Waals surface area (Å²) in [7, 11) is 0. The summed E-state index contributed by atoms with van der Waals surface area (Å²) in [5.41, 5.74) is 0. The van der Waals surface area contributed by atoms with Gasteiger partial charge >= 0.3 is 0 Å². The maximum absolute atomic E-state index is 9.50. The van der Waals surface area contributed by atoms with Crippen molar-refractivity contribution in [3.05, 3.63) is 0 Å². The van der Waals surface area contributed by atoms with E-state index < -0.39 is 0 Å². The van der Waals surface area contributed by atoms with E-state index in [4.69, 9.17) is 0 Å². The highest BCUT2D eigenvalue weighted by Gasteiger charge is 2.12.